The number of benzene rings is 2. The number of carbonyl (C=O) groups is 2. The number of cyclic esters (lactones) is 1. The van der Waals surface area contributed by atoms with Crippen LogP contribution in [0.5, 0.6) is 0 Å². The number of rotatable bonds is 4. The quantitative estimate of drug-likeness (QED) is 0.871. The Morgan fingerprint density at radius 1 is 1.13 bits per heavy atom. The van der Waals surface area contributed by atoms with Crippen LogP contribution in [-0.4, -0.2) is 30.1 Å². The molecule has 4 nitrogen and oxygen atoms in total. The van der Waals surface area contributed by atoms with Crippen LogP contribution in [0.2, 0.25) is 0 Å². The molecule has 5 heteroatoms. The normalized spacial score (nSPS) is 15.3. The predicted molar refractivity (Wildman–Crippen MR) is 82.3 cm³/mol. The molecule has 1 atom stereocenters. The largest absolute Gasteiger partial charge is 0.447 e. The summed E-state index contributed by atoms with van der Waals surface area (Å²) in [6.07, 6.45) is -0.176. The molecule has 0 bridgehead atoms. The summed E-state index contributed by atoms with van der Waals surface area (Å²) in [6.45, 7) is 0.468. The molecule has 1 aliphatic heterocycles. The monoisotopic (exact) mass is 313 g/mol. The first-order chi connectivity index (χ1) is 11.1. The van der Waals surface area contributed by atoms with Gasteiger partial charge in [-0.2, -0.15) is 0 Å². The zero-order valence-electron chi connectivity index (χ0n) is 12.4. The van der Waals surface area contributed by atoms with E-state index in [0.29, 0.717) is 12.0 Å². The van der Waals surface area contributed by atoms with E-state index in [2.05, 4.69) is 0 Å². The van der Waals surface area contributed by atoms with Crippen LogP contribution in [0.25, 0.3) is 0 Å². The van der Waals surface area contributed by atoms with Gasteiger partial charge in [-0.05, 0) is 29.7 Å². The Hall–Kier alpha value is -2.69. The summed E-state index contributed by atoms with van der Waals surface area (Å²) in [5.41, 5.74) is 1.66. The lowest BCUT2D eigenvalue weighted by molar-refractivity contribution is -0.129. The van der Waals surface area contributed by atoms with Crippen molar-refractivity contribution in [1.29, 1.82) is 0 Å². The van der Waals surface area contributed by atoms with Crippen molar-refractivity contribution in [1.82, 2.24) is 4.90 Å². The molecule has 1 aliphatic rings. The van der Waals surface area contributed by atoms with E-state index in [-0.39, 0.29) is 24.9 Å². The van der Waals surface area contributed by atoms with Crippen LogP contribution in [-0.2, 0) is 16.0 Å². The third-order valence-electron chi connectivity index (χ3n) is 3.88. The van der Waals surface area contributed by atoms with Crippen LogP contribution in [0, 0.1) is 5.82 Å². The molecule has 0 aromatic heterocycles. The van der Waals surface area contributed by atoms with Crippen LogP contribution < -0.4 is 0 Å². The van der Waals surface area contributed by atoms with E-state index in [1.54, 1.807) is 12.1 Å². The van der Waals surface area contributed by atoms with Crippen molar-refractivity contribution < 1.29 is 18.7 Å². The molecule has 0 spiro atoms. The van der Waals surface area contributed by atoms with Crippen molar-refractivity contribution in [2.75, 3.05) is 13.2 Å². The molecule has 118 valence electrons. The molecule has 2 amide bonds. The van der Waals surface area contributed by atoms with Crippen molar-refractivity contribution in [3.63, 3.8) is 0 Å². The molecule has 0 N–H and O–H groups in total. The molecule has 0 radical (unpaired) electrons. The maximum Gasteiger partial charge on any atom is 0.416 e. The lowest BCUT2D eigenvalue weighted by Crippen LogP contribution is -2.36. The van der Waals surface area contributed by atoms with Crippen molar-refractivity contribution in [2.45, 2.75) is 12.3 Å². The molecule has 1 unspecified atom stereocenters. The molecular weight excluding hydrogens is 297 g/mol. The first kappa shape index (κ1) is 15.2. The van der Waals surface area contributed by atoms with E-state index in [0.717, 1.165) is 10.5 Å². The SMILES string of the molecule is O=C1OCCN1C(=O)C(Cc1ccccc1)c1ccc(F)cc1. The van der Waals surface area contributed by atoms with Gasteiger partial charge in [0.1, 0.15) is 12.4 Å². The van der Waals surface area contributed by atoms with Crippen molar-refractivity contribution in [3.8, 4) is 0 Å². The van der Waals surface area contributed by atoms with Gasteiger partial charge < -0.3 is 4.74 Å². The molecule has 0 saturated carbocycles. The lowest BCUT2D eigenvalue weighted by Gasteiger charge is -2.21. The Morgan fingerprint density at radius 2 is 1.83 bits per heavy atom. The standard InChI is InChI=1S/C18H16FNO3/c19-15-8-6-14(7-9-15)16(12-13-4-2-1-3-5-13)17(21)20-10-11-23-18(20)22/h1-9,16H,10-12H2. The van der Waals surface area contributed by atoms with E-state index in [4.69, 9.17) is 4.74 Å². The summed E-state index contributed by atoms with van der Waals surface area (Å²) in [4.78, 5) is 25.6. The number of hydrogen-bond acceptors (Lipinski definition) is 3. The molecule has 2 aromatic rings. The Balaban J connectivity index is 1.90. The van der Waals surface area contributed by atoms with Crippen LogP contribution >= 0.6 is 0 Å². The average Bonchev–Trinajstić information content (AvgIpc) is 3.00. The summed E-state index contributed by atoms with van der Waals surface area (Å²) >= 11 is 0. The predicted octanol–water partition coefficient (Wildman–Crippen LogP) is 3.13. The molecule has 23 heavy (non-hydrogen) atoms. The minimum Gasteiger partial charge on any atom is -0.447 e. The first-order valence-corrected chi connectivity index (χ1v) is 7.42. The van der Waals surface area contributed by atoms with Crippen LogP contribution in [0.1, 0.15) is 17.0 Å². The number of carbonyl (C=O) groups excluding carboxylic acids is 2. The van der Waals surface area contributed by atoms with Gasteiger partial charge in [0.25, 0.3) is 0 Å². The van der Waals surface area contributed by atoms with Gasteiger partial charge in [0, 0.05) is 0 Å². The highest BCUT2D eigenvalue weighted by Crippen LogP contribution is 2.25. The fourth-order valence-corrected chi connectivity index (χ4v) is 2.67. The van der Waals surface area contributed by atoms with E-state index in [1.165, 1.54) is 12.1 Å². The summed E-state index contributed by atoms with van der Waals surface area (Å²) in [6, 6.07) is 15.3. The van der Waals surface area contributed by atoms with Crippen LogP contribution in [0.3, 0.4) is 0 Å². The van der Waals surface area contributed by atoms with Gasteiger partial charge in [0.15, 0.2) is 0 Å². The van der Waals surface area contributed by atoms with Gasteiger partial charge in [0.2, 0.25) is 5.91 Å². The number of amides is 2. The number of nitrogens with zero attached hydrogens (tertiary/aromatic N) is 1. The molecule has 1 fully saturated rings. The zero-order chi connectivity index (χ0) is 16.2. The molecule has 1 heterocycles. The number of imide groups is 1. The second kappa shape index (κ2) is 6.60. The molecular formula is C18H16FNO3. The van der Waals surface area contributed by atoms with Gasteiger partial charge in [-0.3, -0.25) is 4.79 Å². The van der Waals surface area contributed by atoms with E-state index in [9.17, 15) is 14.0 Å². The molecule has 1 saturated heterocycles. The highest BCUT2D eigenvalue weighted by Gasteiger charge is 2.34. The minimum atomic E-state index is -0.616. The summed E-state index contributed by atoms with van der Waals surface area (Å²) in [7, 11) is 0. The topological polar surface area (TPSA) is 46.6 Å². The summed E-state index contributed by atoms with van der Waals surface area (Å²) in [5.74, 6) is -1.23. The summed E-state index contributed by atoms with van der Waals surface area (Å²) < 4.78 is 18.0. The Bertz CT molecular complexity index is 700. The third-order valence-corrected chi connectivity index (χ3v) is 3.88. The second-order valence-corrected chi connectivity index (χ2v) is 5.40. The van der Waals surface area contributed by atoms with Crippen molar-refractivity contribution in [2.24, 2.45) is 0 Å². The van der Waals surface area contributed by atoms with E-state index in [1.807, 2.05) is 30.3 Å². The Labute approximate surface area is 133 Å². The van der Waals surface area contributed by atoms with Gasteiger partial charge >= 0.3 is 6.09 Å². The Morgan fingerprint density at radius 3 is 2.43 bits per heavy atom. The molecule has 0 aliphatic carbocycles. The zero-order valence-corrected chi connectivity index (χ0v) is 12.4. The number of hydrogen-bond donors (Lipinski definition) is 0. The minimum absolute atomic E-state index is 0.214. The lowest BCUT2D eigenvalue weighted by atomic mass is 9.90. The molecule has 3 rings (SSSR count). The number of halogens is 1. The van der Waals surface area contributed by atoms with Crippen LogP contribution in [0.4, 0.5) is 9.18 Å². The third kappa shape index (κ3) is 3.39. The van der Waals surface area contributed by atoms with Crippen molar-refractivity contribution in [3.05, 3.63) is 71.5 Å². The Kier molecular flexibility index (Phi) is 4.37. The van der Waals surface area contributed by atoms with Crippen LogP contribution in [0.15, 0.2) is 54.6 Å². The van der Waals surface area contributed by atoms with Gasteiger partial charge in [-0.25, -0.2) is 14.1 Å². The van der Waals surface area contributed by atoms with Gasteiger partial charge in [0.05, 0.1) is 12.5 Å². The van der Waals surface area contributed by atoms with Crippen molar-refractivity contribution >= 4 is 12.0 Å². The number of ether oxygens (including phenoxy) is 1. The molecule has 2 aromatic carbocycles. The maximum absolute atomic E-state index is 13.2. The van der Waals surface area contributed by atoms with Gasteiger partial charge in [-0.1, -0.05) is 42.5 Å². The van der Waals surface area contributed by atoms with Gasteiger partial charge in [-0.15, -0.1) is 0 Å². The smallest absolute Gasteiger partial charge is 0.416 e. The highest BCUT2D eigenvalue weighted by atomic mass is 19.1. The summed E-state index contributed by atoms with van der Waals surface area (Å²) in [5, 5.41) is 0. The second-order valence-electron chi connectivity index (χ2n) is 5.40. The fraction of sp³-hybridized carbons (Fsp3) is 0.222. The average molecular weight is 313 g/mol. The first-order valence-electron chi connectivity index (χ1n) is 7.42. The van der Waals surface area contributed by atoms with E-state index >= 15 is 0 Å². The maximum atomic E-state index is 13.2. The fourth-order valence-electron chi connectivity index (χ4n) is 2.67. The van der Waals surface area contributed by atoms with E-state index < -0.39 is 12.0 Å². The highest BCUT2D eigenvalue weighted by molar-refractivity contribution is 5.96.